The molecule has 3 rings (SSSR count). The largest absolute Gasteiger partial charge is 0.352 e. The molecule has 8 heteroatoms. The van der Waals surface area contributed by atoms with Gasteiger partial charge in [0.15, 0.2) is 0 Å². The van der Waals surface area contributed by atoms with Crippen molar-refractivity contribution < 1.29 is 18.0 Å². The van der Waals surface area contributed by atoms with Crippen molar-refractivity contribution in [2.75, 3.05) is 17.1 Å². The lowest BCUT2D eigenvalue weighted by molar-refractivity contribution is -0.141. The van der Waals surface area contributed by atoms with Crippen LogP contribution in [0.5, 0.6) is 0 Å². The van der Waals surface area contributed by atoms with E-state index in [0.717, 1.165) is 22.3 Å². The summed E-state index contributed by atoms with van der Waals surface area (Å²) >= 11 is 0. The lowest BCUT2D eigenvalue weighted by Crippen LogP contribution is -2.51. The quantitative estimate of drug-likeness (QED) is 0.317. The highest BCUT2D eigenvalue weighted by Crippen LogP contribution is 2.23. The van der Waals surface area contributed by atoms with Gasteiger partial charge in [0.25, 0.3) is 0 Å². The molecule has 0 spiro atoms. The monoisotopic (exact) mass is 563 g/mol. The number of hydrogen-bond acceptors (Lipinski definition) is 4. The van der Waals surface area contributed by atoms with Crippen LogP contribution in [-0.2, 0) is 32.6 Å². The maximum atomic E-state index is 13.9. The van der Waals surface area contributed by atoms with E-state index >= 15 is 0 Å². The number of para-hydroxylation sites is 1. The summed E-state index contributed by atoms with van der Waals surface area (Å²) < 4.78 is 26.7. The molecule has 0 aromatic heterocycles. The molecule has 0 aliphatic heterocycles. The minimum absolute atomic E-state index is 0.0841. The molecule has 1 N–H and O–H groups in total. The number of nitrogens with zero attached hydrogens (tertiary/aromatic N) is 2. The molecule has 0 aliphatic rings. The molecule has 40 heavy (non-hydrogen) atoms. The maximum Gasteiger partial charge on any atom is 0.243 e. The van der Waals surface area contributed by atoms with Crippen LogP contribution in [0.25, 0.3) is 0 Å². The molecule has 3 aromatic rings. The number of hydrogen-bond donors (Lipinski definition) is 1. The fourth-order valence-corrected chi connectivity index (χ4v) is 5.79. The Morgan fingerprint density at radius 1 is 0.875 bits per heavy atom. The number of rotatable bonds is 13. The molecule has 0 bridgehead atoms. The van der Waals surface area contributed by atoms with Crippen molar-refractivity contribution in [2.24, 2.45) is 0 Å². The van der Waals surface area contributed by atoms with Crippen LogP contribution in [0.4, 0.5) is 5.69 Å². The summed E-state index contributed by atoms with van der Waals surface area (Å²) in [7, 11) is -3.55. The minimum Gasteiger partial charge on any atom is -0.352 e. The number of carbonyl (C=O) groups excluding carboxylic acids is 2. The van der Waals surface area contributed by atoms with Crippen molar-refractivity contribution in [1.29, 1.82) is 0 Å². The van der Waals surface area contributed by atoms with E-state index in [1.54, 1.807) is 17.0 Å². The van der Waals surface area contributed by atoms with Gasteiger partial charge < -0.3 is 10.2 Å². The predicted molar refractivity (Wildman–Crippen MR) is 162 cm³/mol. The lowest BCUT2D eigenvalue weighted by atomic mass is 10.0. The van der Waals surface area contributed by atoms with Gasteiger partial charge in [0.05, 0.1) is 11.9 Å². The van der Waals surface area contributed by atoms with Crippen LogP contribution >= 0.6 is 0 Å². The standard InChI is InChI=1S/C32H41N3O4S/c1-24(2)33-32(37)30(22-27-15-7-6-8-16-27)34(23-28-17-11-13-25(3)21-28)31(36)19-12-20-35(40(5,38)39)29-18-10-9-14-26(29)4/h6-11,13-18,21,24,30H,12,19-20,22-23H2,1-5H3,(H,33,37)/t30-/m0/s1. The summed E-state index contributed by atoms with van der Waals surface area (Å²) in [5.41, 5.74) is 4.40. The Kier molecular flexibility index (Phi) is 10.9. The van der Waals surface area contributed by atoms with E-state index < -0.39 is 16.1 Å². The minimum atomic E-state index is -3.55. The zero-order valence-corrected chi connectivity index (χ0v) is 24.9. The topological polar surface area (TPSA) is 86.8 Å². The Balaban J connectivity index is 1.89. The Morgan fingerprint density at radius 2 is 1.52 bits per heavy atom. The number of anilines is 1. The normalized spacial score (nSPS) is 12.2. The predicted octanol–water partition coefficient (Wildman–Crippen LogP) is 5.01. The lowest BCUT2D eigenvalue weighted by Gasteiger charge is -2.32. The molecular weight excluding hydrogens is 522 g/mol. The molecule has 0 unspecified atom stereocenters. The number of sulfonamides is 1. The van der Waals surface area contributed by atoms with Crippen LogP contribution in [-0.4, -0.2) is 50.0 Å². The number of amides is 2. The highest BCUT2D eigenvalue weighted by Gasteiger charge is 2.31. The van der Waals surface area contributed by atoms with Gasteiger partial charge in [0.1, 0.15) is 6.04 Å². The van der Waals surface area contributed by atoms with Gasteiger partial charge in [-0.05, 0) is 56.9 Å². The SMILES string of the molecule is Cc1cccc(CN(C(=O)CCCN(c2ccccc2C)S(C)(=O)=O)[C@@H](Cc2ccccc2)C(=O)NC(C)C)c1. The fourth-order valence-electron chi connectivity index (χ4n) is 4.77. The first kappa shape index (κ1) is 30.9. The Morgan fingerprint density at radius 3 is 2.15 bits per heavy atom. The third-order valence-electron chi connectivity index (χ3n) is 6.67. The first-order valence-corrected chi connectivity index (χ1v) is 15.5. The zero-order valence-electron chi connectivity index (χ0n) is 24.1. The molecule has 214 valence electrons. The van der Waals surface area contributed by atoms with Crippen LogP contribution in [0.15, 0.2) is 78.9 Å². The summed E-state index contributed by atoms with van der Waals surface area (Å²) in [5.74, 6) is -0.405. The van der Waals surface area contributed by atoms with Gasteiger partial charge in [-0.15, -0.1) is 0 Å². The van der Waals surface area contributed by atoms with E-state index in [9.17, 15) is 18.0 Å². The molecule has 1 atom stereocenters. The highest BCUT2D eigenvalue weighted by molar-refractivity contribution is 7.92. The van der Waals surface area contributed by atoms with Crippen LogP contribution in [0, 0.1) is 13.8 Å². The van der Waals surface area contributed by atoms with Gasteiger partial charge in [-0.25, -0.2) is 8.42 Å². The van der Waals surface area contributed by atoms with Crippen molar-refractivity contribution >= 4 is 27.5 Å². The number of aryl methyl sites for hydroxylation is 2. The zero-order chi connectivity index (χ0) is 29.3. The van der Waals surface area contributed by atoms with E-state index in [2.05, 4.69) is 5.32 Å². The molecule has 0 aliphatic carbocycles. The third kappa shape index (κ3) is 8.95. The van der Waals surface area contributed by atoms with Gasteiger partial charge in [-0.3, -0.25) is 13.9 Å². The third-order valence-corrected chi connectivity index (χ3v) is 7.85. The number of nitrogens with one attached hydrogen (secondary N) is 1. The van der Waals surface area contributed by atoms with Crippen LogP contribution < -0.4 is 9.62 Å². The van der Waals surface area contributed by atoms with Gasteiger partial charge in [-0.1, -0.05) is 78.4 Å². The highest BCUT2D eigenvalue weighted by atomic mass is 32.2. The smallest absolute Gasteiger partial charge is 0.243 e. The van der Waals surface area contributed by atoms with E-state index in [1.807, 2.05) is 94.4 Å². The van der Waals surface area contributed by atoms with Gasteiger partial charge >= 0.3 is 0 Å². The second-order valence-corrected chi connectivity index (χ2v) is 12.5. The molecule has 0 saturated heterocycles. The summed E-state index contributed by atoms with van der Waals surface area (Å²) in [6.45, 7) is 8.09. The van der Waals surface area contributed by atoms with E-state index in [1.165, 1.54) is 10.6 Å². The van der Waals surface area contributed by atoms with Crippen LogP contribution in [0.1, 0.15) is 48.9 Å². The number of benzene rings is 3. The average molecular weight is 564 g/mol. The average Bonchev–Trinajstić information content (AvgIpc) is 2.88. The van der Waals surface area contributed by atoms with Crippen molar-refractivity contribution in [3.8, 4) is 0 Å². The van der Waals surface area contributed by atoms with Crippen LogP contribution in [0.2, 0.25) is 0 Å². The van der Waals surface area contributed by atoms with Crippen molar-refractivity contribution in [3.05, 3.63) is 101 Å². The van der Waals surface area contributed by atoms with E-state index in [4.69, 9.17) is 0 Å². The molecule has 0 fully saturated rings. The summed E-state index contributed by atoms with van der Waals surface area (Å²) in [6, 6.07) is 24.1. The molecule has 2 amide bonds. The van der Waals surface area contributed by atoms with Crippen molar-refractivity contribution in [1.82, 2.24) is 10.2 Å². The second kappa shape index (κ2) is 14.1. The number of carbonyl (C=O) groups is 2. The van der Waals surface area contributed by atoms with Gasteiger partial charge in [0.2, 0.25) is 21.8 Å². The molecule has 0 radical (unpaired) electrons. The molecule has 0 heterocycles. The van der Waals surface area contributed by atoms with Crippen molar-refractivity contribution in [3.63, 3.8) is 0 Å². The Bertz CT molecular complexity index is 1390. The second-order valence-electron chi connectivity index (χ2n) is 10.6. The van der Waals surface area contributed by atoms with E-state index in [0.29, 0.717) is 18.5 Å². The van der Waals surface area contributed by atoms with Gasteiger partial charge in [0, 0.05) is 32.0 Å². The molecule has 3 aromatic carbocycles. The van der Waals surface area contributed by atoms with Crippen LogP contribution in [0.3, 0.4) is 0 Å². The van der Waals surface area contributed by atoms with Gasteiger partial charge in [-0.2, -0.15) is 0 Å². The Hall–Kier alpha value is -3.65. The first-order valence-electron chi connectivity index (χ1n) is 13.7. The molecule has 0 saturated carbocycles. The molecular formula is C32H41N3O4S. The van der Waals surface area contributed by atoms with E-state index in [-0.39, 0.29) is 37.4 Å². The Labute approximate surface area is 239 Å². The maximum absolute atomic E-state index is 13.9. The van der Waals surface area contributed by atoms with Crippen molar-refractivity contribution in [2.45, 2.75) is 65.6 Å². The molecule has 7 nitrogen and oxygen atoms in total. The summed E-state index contributed by atoms with van der Waals surface area (Å²) in [5, 5.41) is 3.00. The summed E-state index contributed by atoms with van der Waals surface area (Å²) in [6.07, 6.45) is 1.96. The fraction of sp³-hybridized carbons (Fsp3) is 0.375. The summed E-state index contributed by atoms with van der Waals surface area (Å²) in [4.78, 5) is 29.0. The first-order chi connectivity index (χ1) is 19.0.